The topological polar surface area (TPSA) is 81.2 Å². The third kappa shape index (κ3) is 4.14. The SMILES string of the molecule is CCCNC(c1nccnc1OC)C(C)S(C)(=O)=O. The van der Waals surface area contributed by atoms with Crippen molar-refractivity contribution in [2.75, 3.05) is 19.9 Å². The summed E-state index contributed by atoms with van der Waals surface area (Å²) in [7, 11) is -1.70. The molecule has 0 radical (unpaired) electrons. The molecule has 7 heteroatoms. The summed E-state index contributed by atoms with van der Waals surface area (Å²) in [5, 5.41) is 2.60. The third-order valence-electron chi connectivity index (χ3n) is 2.94. The van der Waals surface area contributed by atoms with Gasteiger partial charge in [0.05, 0.1) is 18.4 Å². The number of sulfone groups is 1. The zero-order chi connectivity index (χ0) is 14.5. The van der Waals surface area contributed by atoms with Gasteiger partial charge in [0.15, 0.2) is 9.84 Å². The summed E-state index contributed by atoms with van der Waals surface area (Å²) < 4.78 is 28.7. The zero-order valence-electron chi connectivity index (χ0n) is 11.8. The van der Waals surface area contributed by atoms with Crippen molar-refractivity contribution in [1.82, 2.24) is 15.3 Å². The quantitative estimate of drug-likeness (QED) is 0.804. The van der Waals surface area contributed by atoms with Crippen molar-refractivity contribution < 1.29 is 13.2 Å². The lowest BCUT2D eigenvalue weighted by molar-refractivity contribution is 0.375. The number of nitrogens with one attached hydrogen (secondary N) is 1. The van der Waals surface area contributed by atoms with Crippen LogP contribution in [-0.4, -0.2) is 43.5 Å². The van der Waals surface area contributed by atoms with Gasteiger partial charge in [0.1, 0.15) is 5.69 Å². The van der Waals surface area contributed by atoms with E-state index in [1.54, 1.807) is 6.92 Å². The summed E-state index contributed by atoms with van der Waals surface area (Å²) in [6.45, 7) is 4.38. The molecule has 0 aliphatic carbocycles. The third-order valence-corrected chi connectivity index (χ3v) is 4.56. The molecule has 0 aromatic carbocycles. The van der Waals surface area contributed by atoms with E-state index in [1.165, 1.54) is 25.8 Å². The molecule has 1 heterocycles. The van der Waals surface area contributed by atoms with Crippen LogP contribution in [0.25, 0.3) is 0 Å². The minimum atomic E-state index is -3.19. The Kier molecular flexibility index (Phi) is 5.68. The van der Waals surface area contributed by atoms with Crippen LogP contribution < -0.4 is 10.1 Å². The molecule has 1 rings (SSSR count). The van der Waals surface area contributed by atoms with Crippen molar-refractivity contribution in [1.29, 1.82) is 0 Å². The normalized spacial score (nSPS) is 14.9. The molecule has 19 heavy (non-hydrogen) atoms. The Morgan fingerprint density at radius 1 is 1.37 bits per heavy atom. The smallest absolute Gasteiger partial charge is 0.237 e. The molecule has 1 aromatic heterocycles. The lowest BCUT2D eigenvalue weighted by atomic mass is 10.1. The van der Waals surface area contributed by atoms with E-state index in [0.29, 0.717) is 18.1 Å². The van der Waals surface area contributed by atoms with Crippen LogP contribution in [0.1, 0.15) is 32.0 Å². The molecule has 1 N–H and O–H groups in total. The molecule has 0 bridgehead atoms. The van der Waals surface area contributed by atoms with Crippen molar-refractivity contribution in [2.45, 2.75) is 31.6 Å². The van der Waals surface area contributed by atoms with Crippen molar-refractivity contribution in [3.63, 3.8) is 0 Å². The highest BCUT2D eigenvalue weighted by atomic mass is 32.2. The van der Waals surface area contributed by atoms with Crippen LogP contribution in [0.2, 0.25) is 0 Å². The number of rotatable bonds is 7. The van der Waals surface area contributed by atoms with E-state index >= 15 is 0 Å². The Hall–Kier alpha value is -1.21. The molecule has 0 amide bonds. The fraction of sp³-hybridized carbons (Fsp3) is 0.667. The summed E-state index contributed by atoms with van der Waals surface area (Å²) in [6, 6.07) is -0.432. The first-order valence-corrected chi connectivity index (χ1v) is 8.14. The van der Waals surface area contributed by atoms with Gasteiger partial charge in [-0.2, -0.15) is 0 Å². The molecule has 0 fully saturated rings. The lowest BCUT2D eigenvalue weighted by Gasteiger charge is -2.24. The number of nitrogens with zero attached hydrogens (tertiary/aromatic N) is 2. The predicted molar refractivity (Wildman–Crippen MR) is 73.9 cm³/mol. The number of hydrogen-bond donors (Lipinski definition) is 1. The summed E-state index contributed by atoms with van der Waals surface area (Å²) >= 11 is 0. The van der Waals surface area contributed by atoms with Crippen molar-refractivity contribution in [3.8, 4) is 5.88 Å². The Morgan fingerprint density at radius 2 is 2.00 bits per heavy atom. The van der Waals surface area contributed by atoms with Crippen LogP contribution in [0.3, 0.4) is 0 Å². The van der Waals surface area contributed by atoms with E-state index in [1.807, 2.05) is 6.92 Å². The molecule has 108 valence electrons. The second-order valence-electron chi connectivity index (χ2n) is 4.42. The van der Waals surface area contributed by atoms with Gasteiger partial charge in [-0.05, 0) is 19.9 Å². The summed E-state index contributed by atoms with van der Waals surface area (Å²) in [4.78, 5) is 8.29. The van der Waals surface area contributed by atoms with Crippen LogP contribution in [0, 0.1) is 0 Å². The summed E-state index contributed by atoms with van der Waals surface area (Å²) in [5.74, 6) is 0.353. The minimum absolute atomic E-state index is 0.353. The predicted octanol–water partition coefficient (Wildman–Crippen LogP) is 0.959. The Bertz CT molecular complexity index is 505. The van der Waals surface area contributed by atoms with E-state index in [2.05, 4.69) is 15.3 Å². The fourth-order valence-electron chi connectivity index (χ4n) is 1.74. The van der Waals surface area contributed by atoms with Crippen LogP contribution >= 0.6 is 0 Å². The first kappa shape index (κ1) is 15.8. The molecule has 0 saturated carbocycles. The Morgan fingerprint density at radius 3 is 2.53 bits per heavy atom. The fourth-order valence-corrected chi connectivity index (χ4v) is 2.46. The van der Waals surface area contributed by atoms with Gasteiger partial charge in [-0.15, -0.1) is 0 Å². The van der Waals surface area contributed by atoms with E-state index in [4.69, 9.17) is 4.74 Å². The highest BCUT2D eigenvalue weighted by Crippen LogP contribution is 2.26. The molecule has 2 unspecified atom stereocenters. The molecule has 0 aliphatic heterocycles. The van der Waals surface area contributed by atoms with Crippen molar-refractivity contribution in [3.05, 3.63) is 18.1 Å². The monoisotopic (exact) mass is 287 g/mol. The van der Waals surface area contributed by atoms with E-state index in [9.17, 15) is 8.42 Å². The molecule has 0 spiro atoms. The number of hydrogen-bond acceptors (Lipinski definition) is 6. The highest BCUT2D eigenvalue weighted by molar-refractivity contribution is 7.91. The first-order valence-electron chi connectivity index (χ1n) is 6.19. The molecule has 0 saturated heterocycles. The molecular formula is C12H21N3O3S. The van der Waals surface area contributed by atoms with Crippen LogP contribution in [0.4, 0.5) is 0 Å². The lowest BCUT2D eigenvalue weighted by Crippen LogP contribution is -2.36. The maximum absolute atomic E-state index is 11.8. The molecule has 1 aromatic rings. The Labute approximate surface area is 114 Å². The molecule has 2 atom stereocenters. The van der Waals surface area contributed by atoms with Gasteiger partial charge in [-0.1, -0.05) is 6.92 Å². The van der Waals surface area contributed by atoms with Gasteiger partial charge in [-0.25, -0.2) is 13.4 Å². The average Bonchev–Trinajstić information content (AvgIpc) is 2.38. The zero-order valence-corrected chi connectivity index (χ0v) is 12.6. The van der Waals surface area contributed by atoms with Crippen molar-refractivity contribution in [2.24, 2.45) is 0 Å². The standard InChI is InChI=1S/C12H21N3O3S/c1-5-6-13-10(9(2)19(4,16)17)11-12(18-3)15-8-7-14-11/h7-10,13H,5-6H2,1-4H3. The number of ether oxygens (including phenoxy) is 1. The maximum Gasteiger partial charge on any atom is 0.237 e. The number of aromatic nitrogens is 2. The molecular weight excluding hydrogens is 266 g/mol. The summed E-state index contributed by atoms with van der Waals surface area (Å²) in [6.07, 6.45) is 5.18. The van der Waals surface area contributed by atoms with Crippen LogP contribution in [0.15, 0.2) is 12.4 Å². The number of methoxy groups -OCH3 is 1. The van der Waals surface area contributed by atoms with Gasteiger partial charge in [0, 0.05) is 18.6 Å². The second-order valence-corrected chi connectivity index (χ2v) is 6.82. The van der Waals surface area contributed by atoms with E-state index in [0.717, 1.165) is 6.42 Å². The summed E-state index contributed by atoms with van der Waals surface area (Å²) in [5.41, 5.74) is 0.524. The first-order chi connectivity index (χ1) is 8.91. The average molecular weight is 287 g/mol. The molecule has 6 nitrogen and oxygen atoms in total. The van der Waals surface area contributed by atoms with E-state index in [-0.39, 0.29) is 0 Å². The largest absolute Gasteiger partial charge is 0.480 e. The van der Waals surface area contributed by atoms with Gasteiger partial charge in [-0.3, -0.25) is 4.98 Å². The maximum atomic E-state index is 11.8. The van der Waals surface area contributed by atoms with Crippen LogP contribution in [0.5, 0.6) is 5.88 Å². The highest BCUT2D eigenvalue weighted by Gasteiger charge is 2.30. The minimum Gasteiger partial charge on any atom is -0.480 e. The van der Waals surface area contributed by atoms with Gasteiger partial charge in [0.25, 0.3) is 0 Å². The molecule has 0 aliphatic rings. The van der Waals surface area contributed by atoms with E-state index < -0.39 is 21.1 Å². The van der Waals surface area contributed by atoms with Crippen molar-refractivity contribution >= 4 is 9.84 Å². The van der Waals surface area contributed by atoms with Crippen LogP contribution in [-0.2, 0) is 9.84 Å². The van der Waals surface area contributed by atoms with Gasteiger partial charge in [0.2, 0.25) is 5.88 Å². The van der Waals surface area contributed by atoms with Gasteiger partial charge < -0.3 is 10.1 Å². The van der Waals surface area contributed by atoms with Gasteiger partial charge >= 0.3 is 0 Å². The Balaban J connectivity index is 3.16. The second kappa shape index (κ2) is 6.81.